The molecule has 3 nitrogen and oxygen atoms in total. The first-order valence-electron chi connectivity index (χ1n) is 9.49. The molecule has 26 heavy (non-hydrogen) atoms. The minimum Gasteiger partial charge on any atom is -0.298 e. The lowest BCUT2D eigenvalue weighted by Gasteiger charge is -2.16. The average molecular weight is 349 g/mol. The van der Waals surface area contributed by atoms with Gasteiger partial charge in [-0.15, -0.1) is 0 Å². The van der Waals surface area contributed by atoms with E-state index >= 15 is 0 Å². The van der Waals surface area contributed by atoms with Gasteiger partial charge in [0.05, 0.1) is 0 Å². The lowest BCUT2D eigenvalue weighted by molar-refractivity contribution is -0.124. The second kappa shape index (κ2) is 7.53. The van der Waals surface area contributed by atoms with Crippen molar-refractivity contribution in [3.8, 4) is 0 Å². The Bertz CT molecular complexity index is 830. The number of ketones is 2. The molecule has 0 spiro atoms. The first-order valence-corrected chi connectivity index (χ1v) is 9.49. The van der Waals surface area contributed by atoms with Gasteiger partial charge in [0.1, 0.15) is 11.7 Å². The number of nitrogens with zero attached hydrogens (tertiary/aromatic N) is 1. The summed E-state index contributed by atoms with van der Waals surface area (Å²) in [6, 6.07) is 10.1. The molecule has 0 radical (unpaired) electrons. The molecular formula is C23H27NO2. The summed E-state index contributed by atoms with van der Waals surface area (Å²) >= 11 is 0. The zero-order valence-electron chi connectivity index (χ0n) is 16.1. The summed E-state index contributed by atoms with van der Waals surface area (Å²) in [4.78, 5) is 30.4. The maximum absolute atomic E-state index is 13.1. The van der Waals surface area contributed by atoms with Crippen molar-refractivity contribution in [3.63, 3.8) is 0 Å². The van der Waals surface area contributed by atoms with Gasteiger partial charge in [0.2, 0.25) is 0 Å². The molecule has 0 saturated heterocycles. The minimum absolute atomic E-state index is 0.0553. The second-order valence-electron chi connectivity index (χ2n) is 7.59. The quantitative estimate of drug-likeness (QED) is 0.750. The zero-order valence-corrected chi connectivity index (χ0v) is 16.1. The molecule has 0 aliphatic heterocycles. The Kier molecular flexibility index (Phi) is 5.36. The van der Waals surface area contributed by atoms with Crippen LogP contribution in [0.5, 0.6) is 0 Å². The van der Waals surface area contributed by atoms with Gasteiger partial charge in [0.15, 0.2) is 5.78 Å². The van der Waals surface area contributed by atoms with E-state index in [0.717, 1.165) is 46.5 Å². The molecule has 1 fully saturated rings. The molecular weight excluding hydrogens is 322 g/mol. The lowest BCUT2D eigenvalue weighted by atomic mass is 9.86. The number of hydrogen-bond acceptors (Lipinski definition) is 3. The van der Waals surface area contributed by atoms with Crippen LogP contribution in [0.2, 0.25) is 0 Å². The maximum atomic E-state index is 13.1. The highest BCUT2D eigenvalue weighted by Gasteiger charge is 2.43. The highest BCUT2D eigenvalue weighted by Crippen LogP contribution is 2.37. The van der Waals surface area contributed by atoms with Crippen molar-refractivity contribution in [2.45, 2.75) is 59.3 Å². The van der Waals surface area contributed by atoms with Crippen molar-refractivity contribution in [1.29, 1.82) is 0 Å². The summed E-state index contributed by atoms with van der Waals surface area (Å²) in [5.41, 5.74) is 6.13. The summed E-state index contributed by atoms with van der Waals surface area (Å²) in [6.45, 7) is 8.17. The number of Topliss-reactive ketones (excluding diaryl/α,β-unsaturated/α-hetero) is 2. The smallest absolute Gasteiger partial charge is 0.151 e. The van der Waals surface area contributed by atoms with Crippen molar-refractivity contribution in [1.82, 2.24) is 4.98 Å². The SMILES string of the molecule is CCCc1cccc(CC2CC(=O)C(c3c(C)cc(C)cc3C)C2=O)n1. The third kappa shape index (κ3) is 3.62. The molecule has 2 atom stereocenters. The molecule has 0 amide bonds. The van der Waals surface area contributed by atoms with E-state index in [1.807, 2.05) is 39.0 Å². The third-order valence-electron chi connectivity index (χ3n) is 5.31. The fourth-order valence-electron chi connectivity index (χ4n) is 4.27. The van der Waals surface area contributed by atoms with Gasteiger partial charge in [0, 0.05) is 23.7 Å². The molecule has 3 heteroatoms. The Labute approximate surface area is 155 Å². The first-order chi connectivity index (χ1) is 12.4. The standard InChI is InChI=1S/C23H27NO2/c1-5-7-18-8-6-9-19(24-18)12-17-13-20(25)22(23(17)26)21-15(3)10-14(2)11-16(21)4/h6,8-11,17,22H,5,7,12-13H2,1-4H3. The Morgan fingerprint density at radius 1 is 1.04 bits per heavy atom. The van der Waals surface area contributed by atoms with E-state index in [0.29, 0.717) is 12.8 Å². The normalized spacial score (nSPS) is 20.0. The van der Waals surface area contributed by atoms with Gasteiger partial charge in [-0.25, -0.2) is 0 Å². The number of hydrogen-bond donors (Lipinski definition) is 0. The van der Waals surface area contributed by atoms with Crippen molar-refractivity contribution in [2.75, 3.05) is 0 Å². The highest BCUT2D eigenvalue weighted by atomic mass is 16.2. The number of rotatable bonds is 5. The van der Waals surface area contributed by atoms with Crippen LogP contribution >= 0.6 is 0 Å². The van der Waals surface area contributed by atoms with E-state index in [1.54, 1.807) is 0 Å². The number of pyridine rings is 1. The zero-order chi connectivity index (χ0) is 18.8. The van der Waals surface area contributed by atoms with Gasteiger partial charge in [-0.05, 0) is 62.4 Å². The summed E-state index contributed by atoms with van der Waals surface area (Å²) in [5.74, 6) is -0.732. The van der Waals surface area contributed by atoms with Crippen LogP contribution in [0, 0.1) is 26.7 Å². The van der Waals surface area contributed by atoms with Crippen LogP contribution in [-0.2, 0) is 22.4 Å². The molecule has 1 saturated carbocycles. The molecule has 1 aromatic carbocycles. The predicted octanol–water partition coefficient (Wildman–Crippen LogP) is 4.44. The Morgan fingerprint density at radius 3 is 2.35 bits per heavy atom. The van der Waals surface area contributed by atoms with Crippen LogP contribution in [0.15, 0.2) is 30.3 Å². The van der Waals surface area contributed by atoms with Crippen molar-refractivity contribution < 1.29 is 9.59 Å². The number of carbonyl (C=O) groups excluding carboxylic acids is 2. The highest BCUT2D eigenvalue weighted by molar-refractivity contribution is 6.15. The second-order valence-corrected chi connectivity index (χ2v) is 7.59. The Morgan fingerprint density at radius 2 is 1.69 bits per heavy atom. The largest absolute Gasteiger partial charge is 0.298 e. The number of aromatic nitrogens is 1. The third-order valence-corrected chi connectivity index (χ3v) is 5.31. The van der Waals surface area contributed by atoms with E-state index in [4.69, 9.17) is 0 Å². The number of benzene rings is 1. The lowest BCUT2D eigenvalue weighted by Crippen LogP contribution is -2.19. The molecule has 3 rings (SSSR count). The monoisotopic (exact) mass is 349 g/mol. The van der Waals surface area contributed by atoms with Crippen molar-refractivity contribution >= 4 is 11.6 Å². The summed E-state index contributed by atoms with van der Waals surface area (Å²) in [7, 11) is 0. The first kappa shape index (κ1) is 18.5. The van der Waals surface area contributed by atoms with Gasteiger partial charge in [-0.1, -0.05) is 37.1 Å². The fourth-order valence-corrected chi connectivity index (χ4v) is 4.27. The van der Waals surface area contributed by atoms with Gasteiger partial charge >= 0.3 is 0 Å². The van der Waals surface area contributed by atoms with Gasteiger partial charge < -0.3 is 0 Å². The average Bonchev–Trinajstić information content (AvgIpc) is 2.82. The van der Waals surface area contributed by atoms with Gasteiger partial charge in [-0.2, -0.15) is 0 Å². The molecule has 1 aliphatic rings. The van der Waals surface area contributed by atoms with Crippen molar-refractivity contribution in [2.24, 2.45) is 5.92 Å². The number of carbonyl (C=O) groups is 2. The fraction of sp³-hybridized carbons (Fsp3) is 0.435. The van der Waals surface area contributed by atoms with E-state index in [9.17, 15) is 9.59 Å². The Hall–Kier alpha value is -2.29. The molecule has 0 bridgehead atoms. The van der Waals surface area contributed by atoms with Crippen LogP contribution in [0.3, 0.4) is 0 Å². The number of aryl methyl sites for hydroxylation is 4. The summed E-state index contributed by atoms with van der Waals surface area (Å²) in [5, 5.41) is 0. The molecule has 0 N–H and O–H groups in total. The minimum atomic E-state index is -0.598. The predicted molar refractivity (Wildman–Crippen MR) is 103 cm³/mol. The summed E-state index contributed by atoms with van der Waals surface area (Å²) < 4.78 is 0. The molecule has 2 aromatic rings. The van der Waals surface area contributed by atoms with Crippen LogP contribution in [-0.4, -0.2) is 16.6 Å². The van der Waals surface area contributed by atoms with Gasteiger partial charge in [0.25, 0.3) is 0 Å². The molecule has 1 aliphatic carbocycles. The topological polar surface area (TPSA) is 47.0 Å². The molecule has 136 valence electrons. The van der Waals surface area contributed by atoms with E-state index in [2.05, 4.69) is 24.0 Å². The maximum Gasteiger partial charge on any atom is 0.151 e. The van der Waals surface area contributed by atoms with Crippen molar-refractivity contribution in [3.05, 3.63) is 64.0 Å². The van der Waals surface area contributed by atoms with Crippen LogP contribution in [0.1, 0.15) is 59.3 Å². The van der Waals surface area contributed by atoms with Crippen LogP contribution < -0.4 is 0 Å². The molecule has 1 heterocycles. The Balaban J connectivity index is 1.85. The summed E-state index contributed by atoms with van der Waals surface area (Å²) in [6.07, 6.45) is 2.87. The van der Waals surface area contributed by atoms with Gasteiger partial charge in [-0.3, -0.25) is 14.6 Å². The van der Waals surface area contributed by atoms with E-state index < -0.39 is 5.92 Å². The van der Waals surface area contributed by atoms with E-state index in [-0.39, 0.29) is 17.5 Å². The molecule has 2 unspecified atom stereocenters. The van der Waals surface area contributed by atoms with Crippen LogP contribution in [0.25, 0.3) is 0 Å². The van der Waals surface area contributed by atoms with E-state index in [1.165, 1.54) is 0 Å². The van der Waals surface area contributed by atoms with Crippen LogP contribution in [0.4, 0.5) is 0 Å². The molecule has 1 aromatic heterocycles.